The minimum Gasteiger partial charge on any atom is -0.397 e. The smallest absolute Gasteiger partial charge is 0.169 e. The third-order valence-electron chi connectivity index (χ3n) is 3.40. The summed E-state index contributed by atoms with van der Waals surface area (Å²) in [5.41, 5.74) is 12.2. The molecule has 2 rings (SSSR count). The first-order valence-electron chi connectivity index (χ1n) is 6.44. The van der Waals surface area contributed by atoms with E-state index in [9.17, 15) is 4.39 Å². The van der Waals surface area contributed by atoms with Gasteiger partial charge in [-0.15, -0.1) is 0 Å². The molecule has 0 saturated heterocycles. The van der Waals surface area contributed by atoms with Crippen molar-refractivity contribution in [3.63, 3.8) is 0 Å². The molecule has 5 N–H and O–H groups in total. The van der Waals surface area contributed by atoms with Crippen LogP contribution in [0, 0.1) is 5.82 Å². The van der Waals surface area contributed by atoms with Gasteiger partial charge in [-0.1, -0.05) is 18.5 Å². The topological polar surface area (TPSA) is 64.1 Å². The van der Waals surface area contributed by atoms with E-state index in [0.717, 1.165) is 25.0 Å². The Morgan fingerprint density at radius 3 is 2.84 bits per heavy atom. The fourth-order valence-electron chi connectivity index (χ4n) is 2.48. The van der Waals surface area contributed by atoms with E-state index in [-0.39, 0.29) is 22.4 Å². The van der Waals surface area contributed by atoms with Crippen LogP contribution in [0.3, 0.4) is 0 Å². The molecule has 1 aliphatic rings. The second-order valence-corrected chi connectivity index (χ2v) is 6.74. The number of halogens is 2. The molecule has 0 heterocycles. The summed E-state index contributed by atoms with van der Waals surface area (Å²) in [7, 11) is 0. The van der Waals surface area contributed by atoms with E-state index in [2.05, 4.69) is 12.2 Å². The Morgan fingerprint density at radius 1 is 1.42 bits per heavy atom. The first kappa shape index (κ1) is 14.6. The monoisotopic (exact) mass is 303 g/mol. The SMILES string of the molecule is CCSC1CCC(Nc2c(N)cc(N)c(Cl)c2F)C1. The molecule has 0 amide bonds. The molecule has 1 aromatic rings. The molecule has 3 nitrogen and oxygen atoms in total. The van der Waals surface area contributed by atoms with Gasteiger partial charge in [-0.25, -0.2) is 4.39 Å². The summed E-state index contributed by atoms with van der Waals surface area (Å²) in [4.78, 5) is 0. The summed E-state index contributed by atoms with van der Waals surface area (Å²) in [5, 5.41) is 3.77. The van der Waals surface area contributed by atoms with E-state index in [1.807, 2.05) is 11.8 Å². The zero-order valence-electron chi connectivity index (χ0n) is 10.9. The number of nitrogen functional groups attached to an aromatic ring is 2. The Kier molecular flexibility index (Phi) is 4.68. The normalized spacial score (nSPS) is 22.7. The number of hydrogen-bond donors (Lipinski definition) is 3. The van der Waals surface area contributed by atoms with E-state index >= 15 is 0 Å². The molecule has 0 radical (unpaired) electrons. The van der Waals surface area contributed by atoms with Gasteiger partial charge in [0, 0.05) is 11.3 Å². The van der Waals surface area contributed by atoms with Gasteiger partial charge in [0.25, 0.3) is 0 Å². The molecular formula is C13H19ClFN3S. The van der Waals surface area contributed by atoms with Crippen molar-refractivity contribution >= 4 is 40.4 Å². The van der Waals surface area contributed by atoms with Crippen molar-refractivity contribution in [2.75, 3.05) is 22.5 Å². The zero-order valence-corrected chi connectivity index (χ0v) is 12.5. The summed E-state index contributed by atoms with van der Waals surface area (Å²) in [5.74, 6) is 0.562. The zero-order chi connectivity index (χ0) is 14.0. The summed E-state index contributed by atoms with van der Waals surface area (Å²) >= 11 is 7.78. The molecule has 2 unspecified atom stereocenters. The van der Waals surface area contributed by atoms with Crippen LogP contribution in [0.4, 0.5) is 21.5 Å². The molecule has 0 spiro atoms. The van der Waals surface area contributed by atoms with E-state index in [4.69, 9.17) is 23.1 Å². The number of thioether (sulfide) groups is 1. The molecule has 0 aromatic heterocycles. The van der Waals surface area contributed by atoms with Gasteiger partial charge in [0.2, 0.25) is 0 Å². The maximum atomic E-state index is 14.1. The number of benzene rings is 1. The van der Waals surface area contributed by atoms with Gasteiger partial charge in [-0.05, 0) is 31.1 Å². The van der Waals surface area contributed by atoms with Crippen molar-refractivity contribution in [1.82, 2.24) is 0 Å². The lowest BCUT2D eigenvalue weighted by molar-refractivity contribution is 0.626. The summed E-state index contributed by atoms with van der Waals surface area (Å²) in [6, 6.07) is 1.75. The van der Waals surface area contributed by atoms with Crippen molar-refractivity contribution in [3.05, 3.63) is 16.9 Å². The first-order valence-corrected chi connectivity index (χ1v) is 7.86. The maximum absolute atomic E-state index is 14.1. The third kappa shape index (κ3) is 3.20. The highest BCUT2D eigenvalue weighted by atomic mass is 35.5. The molecule has 1 saturated carbocycles. The highest BCUT2D eigenvalue weighted by Gasteiger charge is 2.26. The second-order valence-electron chi connectivity index (χ2n) is 4.79. The van der Waals surface area contributed by atoms with Gasteiger partial charge in [0.1, 0.15) is 5.02 Å². The Balaban J connectivity index is 2.10. The highest BCUT2D eigenvalue weighted by molar-refractivity contribution is 7.99. The van der Waals surface area contributed by atoms with Gasteiger partial charge in [-0.2, -0.15) is 11.8 Å². The molecule has 6 heteroatoms. The highest BCUT2D eigenvalue weighted by Crippen LogP contribution is 2.37. The Labute approximate surface area is 122 Å². The van der Waals surface area contributed by atoms with Crippen LogP contribution in [-0.2, 0) is 0 Å². The fraction of sp³-hybridized carbons (Fsp3) is 0.538. The van der Waals surface area contributed by atoms with Crippen molar-refractivity contribution in [3.8, 4) is 0 Å². The van der Waals surface area contributed by atoms with Crippen LogP contribution in [0.25, 0.3) is 0 Å². The van der Waals surface area contributed by atoms with Crippen LogP contribution in [-0.4, -0.2) is 17.0 Å². The Morgan fingerprint density at radius 2 is 2.16 bits per heavy atom. The molecule has 1 aromatic carbocycles. The largest absolute Gasteiger partial charge is 0.397 e. The van der Waals surface area contributed by atoms with Crippen LogP contribution in [0.5, 0.6) is 0 Å². The van der Waals surface area contributed by atoms with Gasteiger partial charge >= 0.3 is 0 Å². The Bertz CT molecular complexity index is 470. The van der Waals surface area contributed by atoms with E-state index in [1.165, 1.54) is 6.07 Å². The third-order valence-corrected chi connectivity index (χ3v) is 5.02. The van der Waals surface area contributed by atoms with Crippen molar-refractivity contribution < 1.29 is 4.39 Å². The molecule has 0 bridgehead atoms. The lowest BCUT2D eigenvalue weighted by Crippen LogP contribution is -2.18. The van der Waals surface area contributed by atoms with Gasteiger partial charge in [0.15, 0.2) is 5.82 Å². The van der Waals surface area contributed by atoms with Crippen LogP contribution in [0.15, 0.2) is 6.07 Å². The van der Waals surface area contributed by atoms with Crippen LogP contribution >= 0.6 is 23.4 Å². The van der Waals surface area contributed by atoms with Gasteiger partial charge in [-0.3, -0.25) is 0 Å². The molecule has 1 aliphatic carbocycles. The summed E-state index contributed by atoms with van der Waals surface area (Å²) in [6.07, 6.45) is 3.21. The molecule has 2 atom stereocenters. The number of rotatable bonds is 4. The van der Waals surface area contributed by atoms with Crippen LogP contribution in [0.2, 0.25) is 5.02 Å². The predicted molar refractivity (Wildman–Crippen MR) is 83.4 cm³/mol. The average Bonchev–Trinajstić information content (AvgIpc) is 2.80. The summed E-state index contributed by atoms with van der Waals surface area (Å²) in [6.45, 7) is 2.16. The van der Waals surface area contributed by atoms with E-state index in [1.54, 1.807) is 0 Å². The Hall–Kier alpha value is -0.810. The standard InChI is InChI=1S/C13H19ClFN3S/c1-2-19-8-4-3-7(5-8)18-13-10(17)6-9(16)11(14)12(13)15/h6-8,18H,2-5,16-17H2,1H3. The van der Waals surface area contributed by atoms with E-state index < -0.39 is 5.82 Å². The predicted octanol–water partition coefficient (Wildman–Crippen LogP) is 3.73. The lowest BCUT2D eigenvalue weighted by atomic mass is 10.2. The molecular weight excluding hydrogens is 285 g/mol. The molecule has 19 heavy (non-hydrogen) atoms. The number of anilines is 3. The van der Waals surface area contributed by atoms with Crippen molar-refractivity contribution in [2.24, 2.45) is 0 Å². The minimum atomic E-state index is -0.550. The number of nitrogens with two attached hydrogens (primary N) is 2. The quantitative estimate of drug-likeness (QED) is 0.742. The average molecular weight is 304 g/mol. The fourth-order valence-corrected chi connectivity index (χ4v) is 3.77. The van der Waals surface area contributed by atoms with Crippen molar-refractivity contribution in [2.45, 2.75) is 37.5 Å². The van der Waals surface area contributed by atoms with Gasteiger partial charge < -0.3 is 16.8 Å². The minimum absolute atomic E-state index is 0.0609. The lowest BCUT2D eigenvalue weighted by Gasteiger charge is -2.18. The molecule has 0 aliphatic heterocycles. The second kappa shape index (κ2) is 6.09. The van der Waals surface area contributed by atoms with Crippen LogP contribution < -0.4 is 16.8 Å². The number of hydrogen-bond acceptors (Lipinski definition) is 4. The molecule has 1 fully saturated rings. The van der Waals surface area contributed by atoms with E-state index in [0.29, 0.717) is 10.9 Å². The van der Waals surface area contributed by atoms with Gasteiger partial charge in [0.05, 0.1) is 17.1 Å². The first-order chi connectivity index (χ1) is 9.02. The summed E-state index contributed by atoms with van der Waals surface area (Å²) < 4.78 is 14.1. The van der Waals surface area contributed by atoms with Crippen LogP contribution in [0.1, 0.15) is 26.2 Å². The maximum Gasteiger partial charge on any atom is 0.169 e. The number of nitrogens with one attached hydrogen (secondary N) is 1. The molecule has 106 valence electrons. The van der Waals surface area contributed by atoms with Crippen molar-refractivity contribution in [1.29, 1.82) is 0 Å².